The number of amides is 1. The summed E-state index contributed by atoms with van der Waals surface area (Å²) in [4.78, 5) is 28.5. The standard InChI is InChI=1S/C31H35ClFN3O3/c1-29-7-6-21(37)12-24(29)25(33)13-22-23-11-19-16-36(15-18-4-3-5-20(32)10-18)17-31(19,28(39)35-9-8-34)30(23,2)14-26(38)27(22)29/h3-7,10,12,19,22-23,25-27,38H,9,11,13-17H2,1-2H3,(H,35,39). The molecule has 9 atom stereocenters. The van der Waals surface area contributed by atoms with Crippen LogP contribution in [0.2, 0.25) is 5.02 Å². The first-order chi connectivity index (χ1) is 18.5. The first kappa shape index (κ1) is 26.7. The fourth-order valence-electron chi connectivity index (χ4n) is 9.68. The van der Waals surface area contributed by atoms with Gasteiger partial charge in [-0.15, -0.1) is 0 Å². The molecule has 6 nitrogen and oxygen atoms in total. The number of ketones is 1. The second-order valence-corrected chi connectivity index (χ2v) is 13.3. The van der Waals surface area contributed by atoms with E-state index in [0.717, 1.165) is 12.0 Å². The minimum Gasteiger partial charge on any atom is -0.393 e. The van der Waals surface area contributed by atoms with Gasteiger partial charge in [0, 0.05) is 36.0 Å². The lowest BCUT2D eigenvalue weighted by Gasteiger charge is -2.60. The fraction of sp³-hybridized carbons (Fsp3) is 0.581. The number of halogens is 2. The van der Waals surface area contributed by atoms with Crippen molar-refractivity contribution in [3.05, 3.63) is 58.7 Å². The summed E-state index contributed by atoms with van der Waals surface area (Å²) in [5, 5.41) is 24.6. The second kappa shape index (κ2) is 9.26. The number of carbonyl (C=O) groups excluding carboxylic acids is 2. The molecular formula is C31H35ClFN3O3. The highest BCUT2D eigenvalue weighted by molar-refractivity contribution is 6.30. The average Bonchev–Trinajstić information content (AvgIpc) is 3.35. The Kier molecular flexibility index (Phi) is 6.33. The summed E-state index contributed by atoms with van der Waals surface area (Å²) >= 11 is 6.24. The van der Waals surface area contributed by atoms with Crippen molar-refractivity contribution in [2.75, 3.05) is 19.6 Å². The number of benzene rings is 1. The van der Waals surface area contributed by atoms with Crippen LogP contribution in [0.15, 0.2) is 48.1 Å². The van der Waals surface area contributed by atoms with E-state index in [1.54, 1.807) is 6.08 Å². The van der Waals surface area contributed by atoms with Gasteiger partial charge in [0.05, 0.1) is 17.6 Å². The Hall–Kier alpha value is -2.53. The van der Waals surface area contributed by atoms with Crippen molar-refractivity contribution in [1.82, 2.24) is 10.2 Å². The number of nitrogens with zero attached hydrogens (tertiary/aromatic N) is 2. The Labute approximate surface area is 233 Å². The summed E-state index contributed by atoms with van der Waals surface area (Å²) in [7, 11) is 0. The first-order valence-electron chi connectivity index (χ1n) is 13.9. The molecule has 8 heteroatoms. The molecule has 0 aromatic heterocycles. The molecule has 1 amide bonds. The zero-order chi connectivity index (χ0) is 27.7. The Bertz CT molecular complexity index is 1320. The van der Waals surface area contributed by atoms with Crippen molar-refractivity contribution < 1.29 is 19.1 Å². The Balaban J connectivity index is 1.38. The van der Waals surface area contributed by atoms with E-state index in [1.165, 1.54) is 12.2 Å². The van der Waals surface area contributed by atoms with Crippen LogP contribution < -0.4 is 5.32 Å². The first-order valence-corrected chi connectivity index (χ1v) is 14.3. The topological polar surface area (TPSA) is 93.4 Å². The summed E-state index contributed by atoms with van der Waals surface area (Å²) in [6.07, 6.45) is 4.15. The highest BCUT2D eigenvalue weighted by atomic mass is 35.5. The van der Waals surface area contributed by atoms with Gasteiger partial charge in [0.2, 0.25) is 5.91 Å². The maximum Gasteiger partial charge on any atom is 0.229 e. The molecule has 1 heterocycles. The normalized spacial score (nSPS) is 42.6. The van der Waals surface area contributed by atoms with E-state index >= 15 is 4.39 Å². The number of carbonyl (C=O) groups is 2. The maximum absolute atomic E-state index is 15.8. The summed E-state index contributed by atoms with van der Waals surface area (Å²) in [6.45, 7) is 5.87. The molecule has 9 unspecified atom stereocenters. The van der Waals surface area contributed by atoms with Crippen LogP contribution in [-0.4, -0.2) is 53.6 Å². The summed E-state index contributed by atoms with van der Waals surface area (Å²) in [5.74, 6) is -0.634. The van der Waals surface area contributed by atoms with Crippen LogP contribution in [-0.2, 0) is 16.1 Å². The second-order valence-electron chi connectivity index (χ2n) is 12.9. The molecule has 1 saturated heterocycles. The Morgan fingerprint density at radius 2 is 2.13 bits per heavy atom. The van der Waals surface area contributed by atoms with Crippen molar-refractivity contribution in [3.63, 3.8) is 0 Å². The zero-order valence-electron chi connectivity index (χ0n) is 22.4. The van der Waals surface area contributed by atoms with Gasteiger partial charge in [-0.1, -0.05) is 43.7 Å². The van der Waals surface area contributed by atoms with E-state index in [1.807, 2.05) is 37.3 Å². The smallest absolute Gasteiger partial charge is 0.229 e. The molecule has 6 rings (SSSR count). The zero-order valence-corrected chi connectivity index (χ0v) is 23.1. The number of aliphatic hydroxyl groups is 1. The van der Waals surface area contributed by atoms with Crippen LogP contribution in [0.1, 0.15) is 38.7 Å². The number of fused-ring (bicyclic) bond motifs is 7. The molecule has 0 spiro atoms. The summed E-state index contributed by atoms with van der Waals surface area (Å²) < 4.78 is 15.8. The van der Waals surface area contributed by atoms with Crippen molar-refractivity contribution in [3.8, 4) is 6.07 Å². The minimum atomic E-state index is -1.26. The molecule has 0 radical (unpaired) electrons. The summed E-state index contributed by atoms with van der Waals surface area (Å²) in [5.41, 5.74) is -0.568. The number of nitrogens with one attached hydrogen (secondary N) is 1. The molecule has 206 valence electrons. The van der Waals surface area contributed by atoms with Crippen LogP contribution in [0, 0.1) is 51.2 Å². The molecule has 1 aromatic carbocycles. The molecule has 5 aliphatic rings. The van der Waals surface area contributed by atoms with Crippen molar-refractivity contribution >= 4 is 23.3 Å². The molecule has 1 aromatic rings. The van der Waals surface area contributed by atoms with Gasteiger partial charge < -0.3 is 10.4 Å². The van der Waals surface area contributed by atoms with E-state index in [4.69, 9.17) is 11.6 Å². The third-order valence-electron chi connectivity index (χ3n) is 11.1. The Morgan fingerprint density at radius 3 is 2.87 bits per heavy atom. The van der Waals surface area contributed by atoms with Gasteiger partial charge in [-0.2, -0.15) is 5.26 Å². The van der Waals surface area contributed by atoms with Gasteiger partial charge in [0.25, 0.3) is 0 Å². The van der Waals surface area contributed by atoms with Crippen LogP contribution >= 0.6 is 11.6 Å². The lowest BCUT2D eigenvalue weighted by Crippen LogP contribution is -2.62. The summed E-state index contributed by atoms with van der Waals surface area (Å²) in [6, 6.07) is 9.77. The van der Waals surface area contributed by atoms with E-state index in [2.05, 4.69) is 17.1 Å². The van der Waals surface area contributed by atoms with E-state index in [9.17, 15) is 20.0 Å². The van der Waals surface area contributed by atoms with Gasteiger partial charge in [0.15, 0.2) is 5.78 Å². The molecule has 2 N–H and O–H groups in total. The number of alkyl halides is 1. The molecule has 3 saturated carbocycles. The minimum absolute atomic E-state index is 0.0163. The van der Waals surface area contributed by atoms with Crippen molar-refractivity contribution in [2.45, 2.75) is 51.9 Å². The van der Waals surface area contributed by atoms with Crippen molar-refractivity contribution in [1.29, 1.82) is 5.26 Å². The Morgan fingerprint density at radius 1 is 1.33 bits per heavy atom. The van der Waals surface area contributed by atoms with E-state index in [0.29, 0.717) is 36.7 Å². The van der Waals surface area contributed by atoms with Gasteiger partial charge in [-0.3, -0.25) is 14.5 Å². The maximum atomic E-state index is 15.8. The molecule has 0 bridgehead atoms. The number of nitriles is 1. The number of aliphatic hydroxyl groups excluding tert-OH is 1. The predicted molar refractivity (Wildman–Crippen MR) is 145 cm³/mol. The van der Waals surface area contributed by atoms with E-state index < -0.39 is 28.5 Å². The third kappa shape index (κ3) is 3.78. The number of rotatable bonds is 4. The van der Waals surface area contributed by atoms with Gasteiger partial charge in [0.1, 0.15) is 12.7 Å². The van der Waals surface area contributed by atoms with Crippen molar-refractivity contribution in [2.24, 2.45) is 39.9 Å². The van der Waals surface area contributed by atoms with Gasteiger partial charge >= 0.3 is 0 Å². The van der Waals surface area contributed by atoms with Gasteiger partial charge in [-0.05, 0) is 77.9 Å². The number of hydrogen-bond acceptors (Lipinski definition) is 5. The van der Waals surface area contributed by atoms with Crippen LogP contribution in [0.3, 0.4) is 0 Å². The monoisotopic (exact) mass is 551 g/mol. The SMILES string of the molecule is CC12C=CC(=O)C=C1C(F)CC1C2C(O)CC2(C)C1CC1CN(Cc3cccc(Cl)c3)CC12C(=O)NCC#N. The van der Waals surface area contributed by atoms with Crippen LogP contribution in [0.5, 0.6) is 0 Å². The number of hydrogen-bond donors (Lipinski definition) is 2. The highest BCUT2D eigenvalue weighted by Gasteiger charge is 2.74. The lowest BCUT2D eigenvalue weighted by molar-refractivity contribution is -0.161. The van der Waals surface area contributed by atoms with Crippen LogP contribution in [0.4, 0.5) is 4.39 Å². The largest absolute Gasteiger partial charge is 0.393 e. The molecule has 1 aliphatic heterocycles. The highest BCUT2D eigenvalue weighted by Crippen LogP contribution is 2.72. The van der Waals surface area contributed by atoms with Crippen LogP contribution in [0.25, 0.3) is 0 Å². The number of likely N-dealkylation sites (tertiary alicyclic amines) is 1. The quantitative estimate of drug-likeness (QED) is 0.546. The fourth-order valence-corrected chi connectivity index (χ4v) is 9.89. The van der Waals surface area contributed by atoms with E-state index in [-0.39, 0.29) is 48.3 Å². The third-order valence-corrected chi connectivity index (χ3v) is 11.3. The lowest BCUT2D eigenvalue weighted by atomic mass is 9.44. The average molecular weight is 552 g/mol. The van der Waals surface area contributed by atoms with Gasteiger partial charge in [-0.25, -0.2) is 4.39 Å². The predicted octanol–water partition coefficient (Wildman–Crippen LogP) is 4.23. The molecular weight excluding hydrogens is 517 g/mol. The molecule has 4 aliphatic carbocycles. The number of allylic oxidation sites excluding steroid dienone is 4. The molecule has 4 fully saturated rings. The molecule has 39 heavy (non-hydrogen) atoms.